The molecular weight excluding hydrogens is 374 g/mol. The molecule has 2 aromatic rings. The van der Waals surface area contributed by atoms with Gasteiger partial charge in [0.25, 0.3) is 0 Å². The summed E-state index contributed by atoms with van der Waals surface area (Å²) in [6.45, 7) is 5.15. The fourth-order valence-corrected chi connectivity index (χ4v) is 4.69. The molecule has 30 heavy (non-hydrogen) atoms. The van der Waals surface area contributed by atoms with E-state index in [-0.39, 0.29) is 0 Å². The molecule has 2 heterocycles. The number of nitrogens with two attached hydrogens (primary N) is 1. The number of hydrogen-bond donors (Lipinski definition) is 1. The third-order valence-corrected chi connectivity index (χ3v) is 6.41. The van der Waals surface area contributed by atoms with E-state index < -0.39 is 5.79 Å². The third-order valence-electron chi connectivity index (χ3n) is 6.41. The maximum absolute atomic E-state index is 9.15. The van der Waals surface area contributed by atoms with E-state index >= 15 is 0 Å². The predicted molar refractivity (Wildman–Crippen MR) is 116 cm³/mol. The summed E-state index contributed by atoms with van der Waals surface area (Å²) < 4.78 is 12.2. The van der Waals surface area contributed by atoms with Crippen molar-refractivity contribution in [1.82, 2.24) is 4.90 Å². The number of piperidine rings is 1. The first-order chi connectivity index (χ1) is 14.7. The Labute approximate surface area is 178 Å². The van der Waals surface area contributed by atoms with E-state index in [9.17, 15) is 0 Å². The minimum absolute atomic E-state index is 0.450. The Kier molecular flexibility index (Phi) is 6.08. The van der Waals surface area contributed by atoms with Crippen molar-refractivity contribution in [1.29, 1.82) is 5.26 Å². The van der Waals surface area contributed by atoms with E-state index in [1.165, 1.54) is 5.56 Å². The van der Waals surface area contributed by atoms with Crippen molar-refractivity contribution in [3.63, 3.8) is 0 Å². The molecule has 2 N–H and O–H groups in total. The molecule has 1 saturated heterocycles. The molecule has 2 aliphatic heterocycles. The first-order valence-electron chi connectivity index (χ1n) is 10.7. The van der Waals surface area contributed by atoms with Gasteiger partial charge in [-0.2, -0.15) is 5.26 Å². The molecule has 2 aliphatic rings. The lowest BCUT2D eigenvalue weighted by Crippen LogP contribution is -2.41. The zero-order valence-corrected chi connectivity index (χ0v) is 17.5. The molecule has 0 aliphatic carbocycles. The second-order valence-corrected chi connectivity index (χ2v) is 8.14. The molecule has 0 spiro atoms. The molecule has 0 bridgehead atoms. The number of ether oxygens (including phenoxy) is 2. The highest BCUT2D eigenvalue weighted by Gasteiger charge is 2.43. The van der Waals surface area contributed by atoms with Crippen molar-refractivity contribution in [2.75, 3.05) is 19.6 Å². The van der Waals surface area contributed by atoms with Crippen molar-refractivity contribution in [3.05, 3.63) is 83.3 Å². The smallest absolute Gasteiger partial charge is 0.304 e. The van der Waals surface area contributed by atoms with Gasteiger partial charge in [-0.05, 0) is 81.6 Å². The third kappa shape index (κ3) is 3.81. The Balaban J connectivity index is 1.63. The highest BCUT2D eigenvalue weighted by molar-refractivity contribution is 5.44. The lowest BCUT2D eigenvalue weighted by molar-refractivity contribution is -0.113. The number of benzene rings is 2. The zero-order valence-electron chi connectivity index (χ0n) is 17.5. The fourth-order valence-electron chi connectivity index (χ4n) is 4.69. The van der Waals surface area contributed by atoms with Gasteiger partial charge in [0.1, 0.15) is 12.5 Å². The van der Waals surface area contributed by atoms with Gasteiger partial charge in [-0.15, -0.1) is 0 Å². The predicted octanol–water partition coefficient (Wildman–Crippen LogP) is 4.19. The highest BCUT2D eigenvalue weighted by atomic mass is 16.7. The van der Waals surface area contributed by atoms with Crippen LogP contribution in [0.25, 0.3) is 0 Å². The Morgan fingerprint density at radius 3 is 2.40 bits per heavy atom. The molecule has 5 heteroatoms. The normalized spacial score (nSPS) is 19.6. The minimum Gasteiger partial charge on any atom is -0.449 e. The lowest BCUT2D eigenvalue weighted by Gasteiger charge is -2.38. The second-order valence-electron chi connectivity index (χ2n) is 8.14. The van der Waals surface area contributed by atoms with Crippen LogP contribution in [0.15, 0.2) is 61.1 Å². The molecule has 0 saturated carbocycles. The van der Waals surface area contributed by atoms with Crippen molar-refractivity contribution >= 4 is 0 Å². The molecule has 0 amide bonds. The van der Waals surface area contributed by atoms with E-state index in [0.29, 0.717) is 17.5 Å². The molecule has 5 nitrogen and oxygen atoms in total. The van der Waals surface area contributed by atoms with Gasteiger partial charge in [-0.1, -0.05) is 24.3 Å². The van der Waals surface area contributed by atoms with Crippen molar-refractivity contribution in [2.45, 2.75) is 43.9 Å². The van der Waals surface area contributed by atoms with Crippen LogP contribution in [0.3, 0.4) is 0 Å². The monoisotopic (exact) mass is 403 g/mol. The summed E-state index contributed by atoms with van der Waals surface area (Å²) in [5.41, 5.74) is 9.56. The Morgan fingerprint density at radius 1 is 1.10 bits per heavy atom. The number of likely N-dealkylation sites (tertiary alicyclic amines) is 1. The maximum Gasteiger partial charge on any atom is 0.304 e. The number of hydrogen-bond acceptors (Lipinski definition) is 5. The average Bonchev–Trinajstić information content (AvgIpc) is 3.30. The lowest BCUT2D eigenvalue weighted by atomic mass is 9.82. The summed E-state index contributed by atoms with van der Waals surface area (Å²) in [5.74, 6) is -0.556. The van der Waals surface area contributed by atoms with Crippen LogP contribution in [-0.2, 0) is 15.3 Å². The zero-order chi connectivity index (χ0) is 21.0. The van der Waals surface area contributed by atoms with Gasteiger partial charge in [0.2, 0.25) is 0 Å². The molecule has 2 aromatic carbocycles. The molecule has 1 atom stereocenters. The van der Waals surface area contributed by atoms with Crippen LogP contribution in [0.2, 0.25) is 0 Å². The Morgan fingerprint density at radius 2 is 1.77 bits per heavy atom. The van der Waals surface area contributed by atoms with Gasteiger partial charge >= 0.3 is 5.79 Å². The van der Waals surface area contributed by atoms with Gasteiger partial charge in [0.15, 0.2) is 0 Å². The maximum atomic E-state index is 9.15. The van der Waals surface area contributed by atoms with E-state index in [1.54, 1.807) is 12.5 Å². The van der Waals surface area contributed by atoms with Gasteiger partial charge < -0.3 is 20.1 Å². The number of nitrogens with zero attached hydrogens (tertiary/aromatic N) is 2. The summed E-state index contributed by atoms with van der Waals surface area (Å²) in [6, 6.07) is 18.6. The average molecular weight is 404 g/mol. The van der Waals surface area contributed by atoms with Crippen molar-refractivity contribution in [3.8, 4) is 6.07 Å². The second kappa shape index (κ2) is 8.91. The van der Waals surface area contributed by atoms with Gasteiger partial charge in [0, 0.05) is 17.2 Å². The largest absolute Gasteiger partial charge is 0.449 e. The van der Waals surface area contributed by atoms with E-state index in [2.05, 4.69) is 36.1 Å². The number of nitriles is 1. The summed E-state index contributed by atoms with van der Waals surface area (Å²) in [5, 5.41) is 9.15. The first-order valence-corrected chi connectivity index (χ1v) is 10.7. The van der Waals surface area contributed by atoms with Crippen molar-refractivity contribution < 1.29 is 9.47 Å². The van der Waals surface area contributed by atoms with Crippen LogP contribution in [0.5, 0.6) is 0 Å². The topological polar surface area (TPSA) is 71.5 Å². The van der Waals surface area contributed by atoms with Crippen LogP contribution in [0, 0.1) is 11.3 Å². The van der Waals surface area contributed by atoms with Gasteiger partial charge in [0.05, 0.1) is 11.6 Å². The minimum atomic E-state index is -1.01. The van der Waals surface area contributed by atoms with Gasteiger partial charge in [-0.25, -0.2) is 0 Å². The first kappa shape index (κ1) is 20.5. The molecule has 0 radical (unpaired) electrons. The molecule has 1 unspecified atom stereocenters. The highest BCUT2D eigenvalue weighted by Crippen LogP contribution is 2.44. The van der Waals surface area contributed by atoms with E-state index in [1.807, 2.05) is 30.3 Å². The van der Waals surface area contributed by atoms with E-state index in [4.69, 9.17) is 20.5 Å². The Bertz CT molecular complexity index is 916. The van der Waals surface area contributed by atoms with Crippen LogP contribution < -0.4 is 5.73 Å². The SMILES string of the molecule is CC(CCN)N1CCC(c2ccccc2C2(c3ccc(C#N)cc3)OC=CO2)CC1. The Hall–Kier alpha value is -2.81. The van der Waals surface area contributed by atoms with Crippen LogP contribution in [-0.4, -0.2) is 30.6 Å². The van der Waals surface area contributed by atoms with Crippen LogP contribution in [0.4, 0.5) is 0 Å². The fraction of sp³-hybridized carbons (Fsp3) is 0.400. The molecule has 4 rings (SSSR count). The number of rotatable bonds is 6. The summed E-state index contributed by atoms with van der Waals surface area (Å²) in [7, 11) is 0. The van der Waals surface area contributed by atoms with Crippen LogP contribution >= 0.6 is 0 Å². The molecule has 0 aromatic heterocycles. The van der Waals surface area contributed by atoms with Crippen molar-refractivity contribution in [2.24, 2.45) is 5.73 Å². The van der Waals surface area contributed by atoms with Gasteiger partial charge in [-0.3, -0.25) is 0 Å². The standard InChI is InChI=1S/C25H29N3O2/c1-19(10-13-26)28-14-11-21(12-15-28)23-4-2-3-5-24(23)25(29-16-17-30-25)22-8-6-20(18-27)7-9-22/h2-9,16-17,19,21H,10-15,26H2,1H3. The van der Waals surface area contributed by atoms with Crippen LogP contribution in [0.1, 0.15) is 54.4 Å². The summed E-state index contributed by atoms with van der Waals surface area (Å²) in [4.78, 5) is 2.55. The quantitative estimate of drug-likeness (QED) is 0.783. The molecule has 1 fully saturated rings. The van der Waals surface area contributed by atoms with E-state index in [0.717, 1.165) is 50.0 Å². The summed E-state index contributed by atoms with van der Waals surface area (Å²) >= 11 is 0. The molecule has 156 valence electrons. The summed E-state index contributed by atoms with van der Waals surface area (Å²) in [6.07, 6.45) is 6.44. The molecular formula is C25H29N3O2.